The van der Waals surface area contributed by atoms with Crippen molar-refractivity contribution in [3.63, 3.8) is 0 Å². The average Bonchev–Trinajstić information content (AvgIpc) is 3.12. The van der Waals surface area contributed by atoms with E-state index in [1.807, 2.05) is 44.2 Å². The zero-order chi connectivity index (χ0) is 18.4. The number of rotatable bonds is 7. The van der Waals surface area contributed by atoms with E-state index in [2.05, 4.69) is 20.4 Å². The van der Waals surface area contributed by atoms with Gasteiger partial charge in [-0.2, -0.15) is 0 Å². The van der Waals surface area contributed by atoms with Gasteiger partial charge in [-0.3, -0.25) is 4.79 Å². The first-order valence-corrected chi connectivity index (χ1v) is 9.53. The van der Waals surface area contributed by atoms with E-state index in [0.717, 1.165) is 31.5 Å². The van der Waals surface area contributed by atoms with Crippen LogP contribution in [0.25, 0.3) is 0 Å². The average molecular weight is 356 g/mol. The van der Waals surface area contributed by atoms with Crippen LogP contribution in [0.2, 0.25) is 0 Å². The standard InChI is InChI=1S/C20H28N4O2/c1-15(2)13-18(25)21-17(14-16-9-5-3-6-10-16)19-22-23-20(26-19)24-11-7-4-8-12-24/h3,5-6,9-10,15,17H,4,7-8,11-14H2,1-2H3,(H,21,25)/t17-/m1/s1. The van der Waals surface area contributed by atoms with Crippen molar-refractivity contribution in [1.82, 2.24) is 15.5 Å². The first-order valence-electron chi connectivity index (χ1n) is 9.53. The third-order valence-corrected chi connectivity index (χ3v) is 4.57. The molecule has 0 aliphatic carbocycles. The van der Waals surface area contributed by atoms with Crippen LogP contribution in [0, 0.1) is 5.92 Å². The zero-order valence-electron chi connectivity index (χ0n) is 15.6. The maximum absolute atomic E-state index is 12.3. The molecule has 0 radical (unpaired) electrons. The SMILES string of the molecule is CC(C)CC(=O)N[C@H](Cc1ccccc1)c1nnc(N2CCCCC2)o1. The van der Waals surface area contributed by atoms with E-state index in [0.29, 0.717) is 30.7 Å². The third-order valence-electron chi connectivity index (χ3n) is 4.57. The number of aromatic nitrogens is 2. The Kier molecular flexibility index (Phi) is 6.26. The molecule has 1 aromatic carbocycles. The van der Waals surface area contributed by atoms with Crippen LogP contribution < -0.4 is 10.2 Å². The highest BCUT2D eigenvalue weighted by atomic mass is 16.4. The van der Waals surface area contributed by atoms with Crippen molar-refractivity contribution < 1.29 is 9.21 Å². The van der Waals surface area contributed by atoms with Gasteiger partial charge < -0.3 is 14.6 Å². The normalized spacial score (nSPS) is 15.9. The molecule has 26 heavy (non-hydrogen) atoms. The summed E-state index contributed by atoms with van der Waals surface area (Å²) in [5, 5.41) is 11.6. The van der Waals surface area contributed by atoms with Gasteiger partial charge in [0.2, 0.25) is 11.8 Å². The second-order valence-corrected chi connectivity index (χ2v) is 7.38. The minimum Gasteiger partial charge on any atom is -0.406 e. The summed E-state index contributed by atoms with van der Waals surface area (Å²) in [6.07, 6.45) is 4.66. The van der Waals surface area contributed by atoms with E-state index in [4.69, 9.17) is 4.42 Å². The number of piperidine rings is 1. The van der Waals surface area contributed by atoms with Crippen molar-refractivity contribution in [2.75, 3.05) is 18.0 Å². The molecular formula is C20H28N4O2. The summed E-state index contributed by atoms with van der Waals surface area (Å²) in [4.78, 5) is 14.5. The number of carbonyl (C=O) groups excluding carboxylic acids is 1. The van der Waals surface area contributed by atoms with Crippen molar-refractivity contribution in [3.05, 3.63) is 41.8 Å². The topological polar surface area (TPSA) is 71.3 Å². The second-order valence-electron chi connectivity index (χ2n) is 7.38. The Morgan fingerprint density at radius 1 is 1.15 bits per heavy atom. The van der Waals surface area contributed by atoms with Crippen molar-refractivity contribution in [1.29, 1.82) is 0 Å². The summed E-state index contributed by atoms with van der Waals surface area (Å²) in [7, 11) is 0. The first kappa shape index (κ1) is 18.4. The molecule has 6 nitrogen and oxygen atoms in total. The Hall–Kier alpha value is -2.37. The quantitative estimate of drug-likeness (QED) is 0.822. The second kappa shape index (κ2) is 8.83. The largest absolute Gasteiger partial charge is 0.406 e. The minimum absolute atomic E-state index is 0.0126. The van der Waals surface area contributed by atoms with E-state index < -0.39 is 0 Å². The maximum Gasteiger partial charge on any atom is 0.318 e. The minimum atomic E-state index is -0.310. The molecule has 1 atom stereocenters. The highest BCUT2D eigenvalue weighted by Gasteiger charge is 2.24. The Balaban J connectivity index is 1.75. The van der Waals surface area contributed by atoms with Crippen molar-refractivity contribution in [2.45, 2.75) is 52.0 Å². The van der Waals surface area contributed by atoms with E-state index in [9.17, 15) is 4.79 Å². The van der Waals surface area contributed by atoms with Gasteiger partial charge in [0, 0.05) is 25.9 Å². The fourth-order valence-corrected chi connectivity index (χ4v) is 3.25. The van der Waals surface area contributed by atoms with Gasteiger partial charge in [0.05, 0.1) is 0 Å². The number of anilines is 1. The van der Waals surface area contributed by atoms with Gasteiger partial charge in [0.1, 0.15) is 6.04 Å². The predicted octanol–water partition coefficient (Wildman–Crippen LogP) is 3.51. The lowest BCUT2D eigenvalue weighted by molar-refractivity contribution is -0.122. The van der Waals surface area contributed by atoms with Gasteiger partial charge in [-0.05, 0) is 30.7 Å². The third kappa shape index (κ3) is 5.07. The number of hydrogen-bond acceptors (Lipinski definition) is 5. The summed E-state index contributed by atoms with van der Waals surface area (Å²) in [5.41, 5.74) is 1.13. The van der Waals surface area contributed by atoms with E-state index >= 15 is 0 Å². The molecule has 1 aromatic heterocycles. The summed E-state index contributed by atoms with van der Waals surface area (Å²) >= 11 is 0. The Morgan fingerprint density at radius 2 is 1.88 bits per heavy atom. The molecule has 1 aliphatic heterocycles. The van der Waals surface area contributed by atoms with Gasteiger partial charge in [-0.15, -0.1) is 5.10 Å². The number of amides is 1. The monoisotopic (exact) mass is 356 g/mol. The lowest BCUT2D eigenvalue weighted by Crippen LogP contribution is -2.31. The zero-order valence-corrected chi connectivity index (χ0v) is 15.6. The summed E-state index contributed by atoms with van der Waals surface area (Å²) < 4.78 is 5.95. The van der Waals surface area contributed by atoms with E-state index in [-0.39, 0.29) is 11.9 Å². The van der Waals surface area contributed by atoms with Gasteiger partial charge in [0.15, 0.2) is 0 Å². The van der Waals surface area contributed by atoms with Crippen LogP contribution >= 0.6 is 0 Å². The maximum atomic E-state index is 12.3. The first-order chi connectivity index (χ1) is 12.6. The molecule has 1 amide bonds. The van der Waals surface area contributed by atoms with Gasteiger partial charge in [0.25, 0.3) is 0 Å². The molecule has 0 spiro atoms. The molecule has 3 rings (SSSR count). The van der Waals surface area contributed by atoms with E-state index in [1.165, 1.54) is 6.42 Å². The van der Waals surface area contributed by atoms with Gasteiger partial charge >= 0.3 is 6.01 Å². The molecule has 1 aliphatic rings. The Morgan fingerprint density at radius 3 is 2.58 bits per heavy atom. The Bertz CT molecular complexity index is 693. The molecule has 2 aromatic rings. The molecular weight excluding hydrogens is 328 g/mol. The number of nitrogens with zero attached hydrogens (tertiary/aromatic N) is 3. The lowest BCUT2D eigenvalue weighted by atomic mass is 10.0. The van der Waals surface area contributed by atoms with Gasteiger partial charge in [-0.1, -0.05) is 49.3 Å². The molecule has 2 heterocycles. The highest BCUT2D eigenvalue weighted by Crippen LogP contribution is 2.23. The molecule has 0 unspecified atom stereocenters. The van der Waals surface area contributed by atoms with Crippen LogP contribution in [0.15, 0.2) is 34.7 Å². The summed E-state index contributed by atoms with van der Waals surface area (Å²) in [6, 6.07) is 10.3. The summed E-state index contributed by atoms with van der Waals surface area (Å²) in [5.74, 6) is 0.796. The molecule has 0 saturated carbocycles. The van der Waals surface area contributed by atoms with Crippen LogP contribution in [0.1, 0.15) is 57.0 Å². The van der Waals surface area contributed by atoms with Crippen molar-refractivity contribution in [3.8, 4) is 0 Å². The lowest BCUT2D eigenvalue weighted by Gasteiger charge is -2.24. The van der Waals surface area contributed by atoms with Crippen LogP contribution in [0.5, 0.6) is 0 Å². The molecule has 0 bridgehead atoms. The molecule has 1 saturated heterocycles. The number of hydrogen-bond donors (Lipinski definition) is 1. The van der Waals surface area contributed by atoms with Crippen molar-refractivity contribution in [2.24, 2.45) is 5.92 Å². The smallest absolute Gasteiger partial charge is 0.318 e. The molecule has 1 fully saturated rings. The number of carbonyl (C=O) groups is 1. The van der Waals surface area contributed by atoms with Crippen molar-refractivity contribution >= 4 is 11.9 Å². The van der Waals surface area contributed by atoms with E-state index in [1.54, 1.807) is 0 Å². The van der Waals surface area contributed by atoms with Crippen LogP contribution in [-0.2, 0) is 11.2 Å². The number of nitrogens with one attached hydrogen (secondary N) is 1. The Labute approximate surface area is 155 Å². The summed E-state index contributed by atoms with van der Waals surface area (Å²) in [6.45, 7) is 5.97. The highest BCUT2D eigenvalue weighted by molar-refractivity contribution is 5.76. The van der Waals surface area contributed by atoms with Crippen LogP contribution in [0.4, 0.5) is 6.01 Å². The number of benzene rings is 1. The molecule has 6 heteroatoms. The van der Waals surface area contributed by atoms with Crippen LogP contribution in [-0.4, -0.2) is 29.2 Å². The van der Waals surface area contributed by atoms with Gasteiger partial charge in [-0.25, -0.2) is 0 Å². The molecule has 140 valence electrons. The molecule has 1 N–H and O–H groups in total. The fourth-order valence-electron chi connectivity index (χ4n) is 3.25. The fraction of sp³-hybridized carbons (Fsp3) is 0.550. The predicted molar refractivity (Wildman–Crippen MR) is 101 cm³/mol. The van der Waals surface area contributed by atoms with Crippen LogP contribution in [0.3, 0.4) is 0 Å².